The van der Waals surface area contributed by atoms with Crippen molar-refractivity contribution in [2.45, 2.75) is 6.42 Å². The standard InChI is InChI=1S/C20H17ClFN5O/c21-14-12-13(5-6-15(14)22)16-7-8-17-19(25-16)27(11-3-10-23-17)20(28)26-18-4-1-2-9-24-18/h1-2,4-9,12,23H,3,10-11H2,(H,24,26,28). The van der Waals surface area contributed by atoms with Gasteiger partial charge in [0.1, 0.15) is 11.6 Å². The number of fused-ring (bicyclic) bond motifs is 1. The molecule has 1 aromatic carbocycles. The lowest BCUT2D eigenvalue weighted by Gasteiger charge is -2.22. The first-order valence-electron chi connectivity index (χ1n) is 8.82. The number of amides is 2. The zero-order valence-electron chi connectivity index (χ0n) is 14.8. The number of nitrogens with zero attached hydrogens (tertiary/aromatic N) is 3. The number of pyridine rings is 2. The van der Waals surface area contributed by atoms with E-state index < -0.39 is 5.82 Å². The number of carbonyl (C=O) groups excluding carboxylic acids is 1. The van der Waals surface area contributed by atoms with Crippen LogP contribution in [0.15, 0.2) is 54.7 Å². The van der Waals surface area contributed by atoms with E-state index in [9.17, 15) is 9.18 Å². The molecule has 0 atom stereocenters. The Kier molecular flexibility index (Phi) is 5.08. The predicted molar refractivity (Wildman–Crippen MR) is 108 cm³/mol. The molecule has 0 bridgehead atoms. The number of anilines is 3. The number of hydrogen-bond donors (Lipinski definition) is 2. The van der Waals surface area contributed by atoms with Crippen LogP contribution in [-0.4, -0.2) is 29.1 Å². The molecule has 142 valence electrons. The summed E-state index contributed by atoms with van der Waals surface area (Å²) in [5.74, 6) is 0.481. The van der Waals surface area contributed by atoms with E-state index in [0.717, 1.165) is 18.7 Å². The molecule has 3 heterocycles. The van der Waals surface area contributed by atoms with Gasteiger partial charge in [-0.05, 0) is 48.9 Å². The summed E-state index contributed by atoms with van der Waals surface area (Å²) < 4.78 is 13.5. The van der Waals surface area contributed by atoms with Gasteiger partial charge in [0.05, 0.1) is 16.4 Å². The van der Waals surface area contributed by atoms with E-state index >= 15 is 0 Å². The molecule has 0 aliphatic carbocycles. The zero-order valence-corrected chi connectivity index (χ0v) is 15.6. The third kappa shape index (κ3) is 3.75. The molecule has 2 amide bonds. The SMILES string of the molecule is O=C(Nc1ccccn1)N1CCCNc2ccc(-c3ccc(F)c(Cl)c3)nc21. The smallest absolute Gasteiger partial charge is 0.328 e. The fourth-order valence-electron chi connectivity index (χ4n) is 2.99. The number of benzene rings is 1. The number of aromatic nitrogens is 2. The zero-order chi connectivity index (χ0) is 19.5. The van der Waals surface area contributed by atoms with Crippen molar-refractivity contribution >= 4 is 35.0 Å². The number of hydrogen-bond acceptors (Lipinski definition) is 4. The Labute approximate surface area is 166 Å². The van der Waals surface area contributed by atoms with Crippen molar-refractivity contribution in [2.24, 2.45) is 0 Å². The van der Waals surface area contributed by atoms with Gasteiger partial charge in [-0.15, -0.1) is 0 Å². The number of urea groups is 1. The van der Waals surface area contributed by atoms with Crippen LogP contribution in [0.2, 0.25) is 5.02 Å². The molecular formula is C20H17ClFN5O. The Morgan fingerprint density at radius 1 is 1.21 bits per heavy atom. The van der Waals surface area contributed by atoms with Crippen LogP contribution in [0.1, 0.15) is 6.42 Å². The van der Waals surface area contributed by atoms with Crippen molar-refractivity contribution < 1.29 is 9.18 Å². The van der Waals surface area contributed by atoms with Crippen molar-refractivity contribution in [2.75, 3.05) is 28.6 Å². The second-order valence-electron chi connectivity index (χ2n) is 6.27. The molecule has 0 saturated heterocycles. The Morgan fingerprint density at radius 3 is 2.89 bits per heavy atom. The summed E-state index contributed by atoms with van der Waals surface area (Å²) in [5.41, 5.74) is 2.02. The minimum atomic E-state index is -0.488. The Hall–Kier alpha value is -3.19. The summed E-state index contributed by atoms with van der Waals surface area (Å²) in [4.78, 5) is 23.2. The molecular weight excluding hydrogens is 381 g/mol. The quantitative estimate of drug-likeness (QED) is 0.652. The summed E-state index contributed by atoms with van der Waals surface area (Å²) in [6, 6.07) is 13.1. The molecule has 0 spiro atoms. The van der Waals surface area contributed by atoms with Crippen molar-refractivity contribution in [3.05, 3.63) is 65.6 Å². The van der Waals surface area contributed by atoms with Crippen LogP contribution in [-0.2, 0) is 0 Å². The number of rotatable bonds is 2. The monoisotopic (exact) mass is 397 g/mol. The Morgan fingerprint density at radius 2 is 2.11 bits per heavy atom. The number of halogens is 2. The third-order valence-corrected chi connectivity index (χ3v) is 4.65. The third-order valence-electron chi connectivity index (χ3n) is 4.37. The largest absolute Gasteiger partial charge is 0.382 e. The first-order valence-corrected chi connectivity index (χ1v) is 9.19. The fraction of sp³-hybridized carbons (Fsp3) is 0.150. The van der Waals surface area contributed by atoms with Crippen LogP contribution >= 0.6 is 11.6 Å². The molecule has 0 unspecified atom stereocenters. The number of nitrogens with one attached hydrogen (secondary N) is 2. The highest BCUT2D eigenvalue weighted by Crippen LogP contribution is 2.31. The molecule has 0 saturated carbocycles. The average Bonchev–Trinajstić information content (AvgIpc) is 2.93. The van der Waals surface area contributed by atoms with Crippen molar-refractivity contribution in [1.29, 1.82) is 0 Å². The summed E-state index contributed by atoms with van der Waals surface area (Å²) in [6.45, 7) is 1.23. The second-order valence-corrected chi connectivity index (χ2v) is 6.68. The van der Waals surface area contributed by atoms with E-state index in [-0.39, 0.29) is 11.1 Å². The van der Waals surface area contributed by atoms with E-state index in [1.54, 1.807) is 35.4 Å². The van der Waals surface area contributed by atoms with Gasteiger partial charge < -0.3 is 5.32 Å². The van der Waals surface area contributed by atoms with E-state index in [1.165, 1.54) is 12.1 Å². The maximum atomic E-state index is 13.5. The van der Waals surface area contributed by atoms with Gasteiger partial charge in [-0.1, -0.05) is 17.7 Å². The lowest BCUT2D eigenvalue weighted by atomic mass is 10.1. The highest BCUT2D eigenvalue weighted by Gasteiger charge is 2.23. The summed E-state index contributed by atoms with van der Waals surface area (Å²) in [7, 11) is 0. The van der Waals surface area contributed by atoms with Gasteiger partial charge in [0, 0.05) is 24.8 Å². The van der Waals surface area contributed by atoms with E-state index in [1.807, 2.05) is 12.1 Å². The lowest BCUT2D eigenvalue weighted by molar-refractivity contribution is 0.256. The van der Waals surface area contributed by atoms with Crippen LogP contribution < -0.4 is 15.5 Å². The van der Waals surface area contributed by atoms with E-state index in [0.29, 0.717) is 29.4 Å². The molecule has 2 aromatic heterocycles. The fourth-order valence-corrected chi connectivity index (χ4v) is 3.17. The molecule has 0 fully saturated rings. The van der Waals surface area contributed by atoms with E-state index in [2.05, 4.69) is 20.6 Å². The first kappa shape index (κ1) is 18.2. The maximum Gasteiger partial charge on any atom is 0.328 e. The van der Waals surface area contributed by atoms with Crippen molar-refractivity contribution in [3.63, 3.8) is 0 Å². The first-order chi connectivity index (χ1) is 13.6. The van der Waals surface area contributed by atoms with Gasteiger partial charge in [-0.2, -0.15) is 0 Å². The highest BCUT2D eigenvalue weighted by molar-refractivity contribution is 6.31. The van der Waals surface area contributed by atoms with Gasteiger partial charge in [0.15, 0.2) is 5.82 Å². The molecule has 8 heteroatoms. The van der Waals surface area contributed by atoms with Crippen LogP contribution in [0.4, 0.5) is 26.5 Å². The highest BCUT2D eigenvalue weighted by atomic mass is 35.5. The molecule has 6 nitrogen and oxygen atoms in total. The van der Waals surface area contributed by atoms with E-state index in [4.69, 9.17) is 11.6 Å². The van der Waals surface area contributed by atoms with Crippen molar-refractivity contribution in [3.8, 4) is 11.3 Å². The van der Waals surface area contributed by atoms with Crippen LogP contribution in [0.5, 0.6) is 0 Å². The van der Waals surface area contributed by atoms with Crippen LogP contribution in [0.3, 0.4) is 0 Å². The average molecular weight is 398 g/mol. The maximum absolute atomic E-state index is 13.5. The molecule has 1 aliphatic heterocycles. The molecule has 3 aromatic rings. The minimum absolute atomic E-state index is 0.0251. The molecule has 2 N–H and O–H groups in total. The summed E-state index contributed by atoms with van der Waals surface area (Å²) in [5, 5.41) is 6.11. The molecule has 28 heavy (non-hydrogen) atoms. The summed E-state index contributed by atoms with van der Waals surface area (Å²) in [6.07, 6.45) is 2.38. The Bertz CT molecular complexity index is 1010. The molecule has 1 aliphatic rings. The minimum Gasteiger partial charge on any atom is -0.382 e. The normalized spacial score (nSPS) is 13.3. The molecule has 4 rings (SSSR count). The topological polar surface area (TPSA) is 70.2 Å². The Balaban J connectivity index is 1.69. The van der Waals surface area contributed by atoms with Gasteiger partial charge in [0.2, 0.25) is 0 Å². The molecule has 0 radical (unpaired) electrons. The van der Waals surface area contributed by atoms with Crippen molar-refractivity contribution in [1.82, 2.24) is 9.97 Å². The lowest BCUT2D eigenvalue weighted by Crippen LogP contribution is -2.36. The van der Waals surface area contributed by atoms with Gasteiger partial charge in [-0.3, -0.25) is 10.2 Å². The number of carbonyl (C=O) groups is 1. The van der Waals surface area contributed by atoms with Crippen LogP contribution in [0.25, 0.3) is 11.3 Å². The van der Waals surface area contributed by atoms with Gasteiger partial charge in [0.25, 0.3) is 0 Å². The second kappa shape index (κ2) is 7.82. The summed E-state index contributed by atoms with van der Waals surface area (Å²) >= 11 is 5.91. The van der Waals surface area contributed by atoms with Gasteiger partial charge >= 0.3 is 6.03 Å². The van der Waals surface area contributed by atoms with Crippen LogP contribution in [0, 0.1) is 5.82 Å². The van der Waals surface area contributed by atoms with Gasteiger partial charge in [-0.25, -0.2) is 19.2 Å². The predicted octanol–water partition coefficient (Wildman–Crippen LogP) is 4.79.